The maximum atomic E-state index is 15.2. The predicted molar refractivity (Wildman–Crippen MR) is 123 cm³/mol. The number of halogens is 4. The van der Waals surface area contributed by atoms with Crippen LogP contribution in [0.4, 0.5) is 33.7 Å². The maximum absolute atomic E-state index is 15.2. The van der Waals surface area contributed by atoms with Crippen molar-refractivity contribution in [3.05, 3.63) is 58.4 Å². The molecule has 0 radical (unpaired) electrons. The second-order valence-corrected chi connectivity index (χ2v) is 8.74. The number of carbonyl (C=O) groups excluding carboxylic acids is 2. The number of benzene rings is 2. The third-order valence-electron chi connectivity index (χ3n) is 6.56. The van der Waals surface area contributed by atoms with Crippen LogP contribution in [-0.4, -0.2) is 53.4 Å². The number of cyclic esters (lactones) is 1. The molecule has 190 valence electrons. The van der Waals surface area contributed by atoms with E-state index in [9.17, 15) is 23.2 Å². The average molecular weight is 506 g/mol. The minimum atomic E-state index is -3.10. The highest BCUT2D eigenvalue weighted by molar-refractivity contribution is 5.90. The largest absolute Gasteiger partial charge is 0.444 e. The molecular weight excluding hydrogens is 484 g/mol. The number of carbonyl (C=O) groups is 2. The quantitative estimate of drug-likeness (QED) is 0.478. The zero-order valence-corrected chi connectivity index (χ0v) is 19.0. The Morgan fingerprint density at radius 1 is 1.00 bits per heavy atom. The Morgan fingerprint density at radius 2 is 1.67 bits per heavy atom. The molecule has 1 atom stereocenters. The summed E-state index contributed by atoms with van der Waals surface area (Å²) < 4.78 is 63.6. The number of anilines is 2. The topological polar surface area (TPSA) is 76.8 Å². The number of rotatable bonds is 6. The summed E-state index contributed by atoms with van der Waals surface area (Å²) in [7, 11) is 0. The minimum absolute atomic E-state index is 0.0790. The van der Waals surface area contributed by atoms with Gasteiger partial charge in [0.15, 0.2) is 17.4 Å². The monoisotopic (exact) mass is 506 g/mol. The van der Waals surface area contributed by atoms with Gasteiger partial charge in [0.1, 0.15) is 11.8 Å². The van der Waals surface area contributed by atoms with Gasteiger partial charge in [-0.2, -0.15) is 0 Å². The maximum Gasteiger partial charge on any atom is 0.414 e. The van der Waals surface area contributed by atoms with Gasteiger partial charge in [0.05, 0.1) is 36.2 Å². The summed E-state index contributed by atoms with van der Waals surface area (Å²) in [5, 5.41) is 0.585. The van der Waals surface area contributed by atoms with Gasteiger partial charge in [-0.25, -0.2) is 27.0 Å². The molecule has 1 amide bonds. The zero-order valence-electron chi connectivity index (χ0n) is 19.0. The first kappa shape index (κ1) is 23.9. The van der Waals surface area contributed by atoms with E-state index in [2.05, 4.69) is 0 Å². The lowest BCUT2D eigenvalue weighted by Crippen LogP contribution is -2.30. The molecule has 0 spiro atoms. The Balaban J connectivity index is 1.33. The van der Waals surface area contributed by atoms with Crippen LogP contribution in [0.3, 0.4) is 0 Å². The Morgan fingerprint density at radius 3 is 2.36 bits per heavy atom. The summed E-state index contributed by atoms with van der Waals surface area (Å²) in [4.78, 5) is 38.6. The third kappa shape index (κ3) is 4.20. The smallest absolute Gasteiger partial charge is 0.414 e. The second kappa shape index (κ2) is 9.32. The number of alkyl halides is 2. The van der Waals surface area contributed by atoms with Crippen LogP contribution < -0.4 is 15.4 Å². The first-order valence-electron chi connectivity index (χ1n) is 11.5. The van der Waals surface area contributed by atoms with Crippen molar-refractivity contribution < 1.29 is 31.9 Å². The van der Waals surface area contributed by atoms with Crippen LogP contribution in [0.15, 0.2) is 41.2 Å². The van der Waals surface area contributed by atoms with Crippen molar-refractivity contribution in [2.45, 2.75) is 38.5 Å². The van der Waals surface area contributed by atoms with Gasteiger partial charge in [0.2, 0.25) is 0 Å². The zero-order chi connectivity index (χ0) is 25.6. The van der Waals surface area contributed by atoms with Crippen molar-refractivity contribution in [1.82, 2.24) is 9.36 Å². The van der Waals surface area contributed by atoms with Crippen molar-refractivity contribution >= 4 is 34.2 Å². The number of aromatic nitrogens is 2. The van der Waals surface area contributed by atoms with Crippen molar-refractivity contribution in [3.63, 3.8) is 0 Å². The molecule has 0 N–H and O–H groups in total. The summed E-state index contributed by atoms with van der Waals surface area (Å²) in [6.45, 7) is 0.877. The van der Waals surface area contributed by atoms with Gasteiger partial charge in [0.25, 0.3) is 12.0 Å². The molecule has 3 aromatic rings. The number of amides is 1. The van der Waals surface area contributed by atoms with E-state index in [1.165, 1.54) is 4.90 Å². The molecule has 1 fully saturated rings. The Bertz CT molecular complexity index is 1380. The number of ketones is 1. The van der Waals surface area contributed by atoms with E-state index in [-0.39, 0.29) is 49.5 Å². The van der Waals surface area contributed by atoms with E-state index in [1.807, 2.05) is 12.1 Å². The summed E-state index contributed by atoms with van der Waals surface area (Å²) in [6.07, 6.45) is -5.41. The van der Waals surface area contributed by atoms with E-state index in [0.717, 1.165) is 22.5 Å². The number of hydrogen-bond donors (Lipinski definition) is 0. The third-order valence-corrected chi connectivity index (χ3v) is 6.56. The summed E-state index contributed by atoms with van der Waals surface area (Å²) >= 11 is 0. The molecule has 36 heavy (non-hydrogen) atoms. The molecule has 1 saturated heterocycles. The highest BCUT2D eigenvalue weighted by atomic mass is 19.3. The molecule has 5 rings (SSSR count). The molecular formula is C24H22F4N4O4. The molecule has 2 aliphatic heterocycles. The predicted octanol–water partition coefficient (Wildman–Crippen LogP) is 3.54. The van der Waals surface area contributed by atoms with E-state index in [0.29, 0.717) is 11.9 Å². The van der Waals surface area contributed by atoms with Gasteiger partial charge >= 0.3 is 6.09 Å². The number of ether oxygens (including phenoxy) is 1. The number of para-hydroxylation sites is 1. The summed E-state index contributed by atoms with van der Waals surface area (Å²) in [5.74, 6) is -3.04. The van der Waals surface area contributed by atoms with Crippen molar-refractivity contribution in [1.29, 1.82) is 0 Å². The normalized spacial score (nSPS) is 18.0. The van der Waals surface area contributed by atoms with Gasteiger partial charge in [-0.3, -0.25) is 19.2 Å². The van der Waals surface area contributed by atoms with Crippen molar-refractivity contribution in [3.8, 4) is 0 Å². The van der Waals surface area contributed by atoms with Gasteiger partial charge in [-0.05, 0) is 18.6 Å². The van der Waals surface area contributed by atoms with Gasteiger partial charge in [0, 0.05) is 31.6 Å². The first-order chi connectivity index (χ1) is 17.2. The van der Waals surface area contributed by atoms with Gasteiger partial charge in [-0.1, -0.05) is 12.1 Å². The van der Waals surface area contributed by atoms with Crippen LogP contribution in [0.2, 0.25) is 0 Å². The fourth-order valence-electron chi connectivity index (χ4n) is 4.79. The highest BCUT2D eigenvalue weighted by Crippen LogP contribution is 2.32. The molecule has 0 aliphatic carbocycles. The molecule has 2 aliphatic rings. The van der Waals surface area contributed by atoms with Crippen LogP contribution >= 0.6 is 0 Å². The number of fused-ring (bicyclic) bond motifs is 3. The van der Waals surface area contributed by atoms with Crippen LogP contribution in [0.5, 0.6) is 0 Å². The van der Waals surface area contributed by atoms with Crippen molar-refractivity contribution in [2.75, 3.05) is 29.4 Å². The number of Topliss-reactive ketones (excluding diaryl/α,β-unsaturated/α-hetero) is 1. The van der Waals surface area contributed by atoms with E-state index < -0.39 is 42.5 Å². The van der Waals surface area contributed by atoms with Gasteiger partial charge < -0.3 is 9.64 Å². The SMILES string of the molecule is O=C(CC[C@H]1CN(c2cc(F)c(N3CCn4c(=O)c5ccccc5n4CC3)c(F)c2)C(=O)O1)C(F)F. The first-order valence-corrected chi connectivity index (χ1v) is 11.5. The van der Waals surface area contributed by atoms with Gasteiger partial charge in [-0.15, -0.1) is 0 Å². The second-order valence-electron chi connectivity index (χ2n) is 8.74. The highest BCUT2D eigenvalue weighted by Gasteiger charge is 2.34. The standard InChI is InChI=1S/C24H22F4N4O4/c25-17-11-14(30-13-15(36-24(30)35)5-6-20(33)22(27)28)12-18(26)21(17)29-7-9-31-19-4-2-1-3-16(19)23(34)32(31)10-8-29/h1-4,11-12,15,22H,5-10,13H2/t15-/m0/s1. The Hall–Kier alpha value is -3.83. The summed E-state index contributed by atoms with van der Waals surface area (Å²) in [6, 6.07) is 9.20. The fourth-order valence-corrected chi connectivity index (χ4v) is 4.79. The molecule has 12 heteroatoms. The van der Waals surface area contributed by atoms with Crippen LogP contribution in [-0.2, 0) is 22.6 Å². The van der Waals surface area contributed by atoms with Crippen LogP contribution in [0, 0.1) is 11.6 Å². The lowest BCUT2D eigenvalue weighted by molar-refractivity contribution is -0.129. The van der Waals surface area contributed by atoms with E-state index >= 15 is 8.78 Å². The molecule has 2 aromatic carbocycles. The lowest BCUT2D eigenvalue weighted by atomic mass is 10.1. The molecule has 0 bridgehead atoms. The molecule has 8 nitrogen and oxygen atoms in total. The van der Waals surface area contributed by atoms with Crippen molar-refractivity contribution in [2.24, 2.45) is 0 Å². The Kier molecular flexibility index (Phi) is 6.19. The lowest BCUT2D eigenvalue weighted by Gasteiger charge is -2.24. The van der Waals surface area contributed by atoms with E-state index in [1.54, 1.807) is 21.5 Å². The molecule has 1 aromatic heterocycles. The average Bonchev–Trinajstić information content (AvgIpc) is 3.25. The molecule has 0 unspecified atom stereocenters. The fraction of sp³-hybridized carbons (Fsp3) is 0.375. The number of hydrogen-bond acceptors (Lipinski definition) is 5. The minimum Gasteiger partial charge on any atom is -0.444 e. The Labute approximate surface area is 202 Å². The number of nitrogens with zero attached hydrogens (tertiary/aromatic N) is 4. The van der Waals surface area contributed by atoms with Crippen LogP contribution in [0.1, 0.15) is 12.8 Å². The summed E-state index contributed by atoms with van der Waals surface area (Å²) in [5.41, 5.74) is 0.234. The van der Waals surface area contributed by atoms with Crippen LogP contribution in [0.25, 0.3) is 10.9 Å². The molecule has 3 heterocycles. The molecule has 0 saturated carbocycles. The van der Waals surface area contributed by atoms with E-state index in [4.69, 9.17) is 4.74 Å².